The van der Waals surface area contributed by atoms with Crippen LogP contribution in [0.4, 0.5) is 5.82 Å². The first kappa shape index (κ1) is 26.8. The van der Waals surface area contributed by atoms with Gasteiger partial charge in [-0.3, -0.25) is 24.0 Å². The quantitative estimate of drug-likeness (QED) is 0.313. The molecule has 4 atom stereocenters. The monoisotopic (exact) mass is 549 g/mol. The van der Waals surface area contributed by atoms with Gasteiger partial charge in [0.2, 0.25) is 0 Å². The van der Waals surface area contributed by atoms with Crippen LogP contribution in [-0.2, 0) is 14.2 Å². The van der Waals surface area contributed by atoms with E-state index in [0.717, 1.165) is 13.0 Å². The molecular weight excluding hydrogens is 514 g/mol. The molecule has 40 heavy (non-hydrogen) atoms. The number of rotatable bonds is 9. The van der Waals surface area contributed by atoms with Crippen LogP contribution >= 0.6 is 0 Å². The second-order valence-corrected chi connectivity index (χ2v) is 11.3. The highest BCUT2D eigenvalue weighted by atomic mass is 16.8. The van der Waals surface area contributed by atoms with Crippen LogP contribution in [0, 0.1) is 0 Å². The summed E-state index contributed by atoms with van der Waals surface area (Å²) in [4.78, 5) is 41.9. The van der Waals surface area contributed by atoms with E-state index in [1.54, 1.807) is 30.6 Å². The van der Waals surface area contributed by atoms with Crippen molar-refractivity contribution >= 4 is 28.8 Å². The number of nitrogens with two attached hydrogens (primary N) is 1. The number of carbonyl (C=O) groups is 2. The topological polar surface area (TPSA) is 138 Å². The highest BCUT2D eigenvalue weighted by Crippen LogP contribution is 2.44. The molecule has 0 unspecified atom stereocenters. The fraction of sp³-hybridized carbons (Fsp3) is 0.536. The molecule has 212 valence electrons. The summed E-state index contributed by atoms with van der Waals surface area (Å²) in [6, 6.07) is 7.24. The van der Waals surface area contributed by atoms with Gasteiger partial charge in [0.05, 0.1) is 17.5 Å². The number of imide groups is 1. The van der Waals surface area contributed by atoms with Crippen LogP contribution in [0.5, 0.6) is 0 Å². The Hall–Kier alpha value is -3.45. The van der Waals surface area contributed by atoms with Crippen molar-refractivity contribution in [3.05, 3.63) is 48.0 Å². The van der Waals surface area contributed by atoms with Crippen molar-refractivity contribution in [3.63, 3.8) is 0 Å². The van der Waals surface area contributed by atoms with Gasteiger partial charge in [-0.05, 0) is 59.2 Å². The Morgan fingerprint density at radius 1 is 1.02 bits per heavy atom. The molecule has 5 heterocycles. The molecule has 0 bridgehead atoms. The SMILES string of the molecule is CC(C)N(CCCCN1C(=O)c2ccccc2C1=O)C[C@H]1O[C@@H](n2cnc3c(N)ncnc32)[C@@H]2OC(C)(C)O[C@@H]21. The number of imidazole rings is 1. The average molecular weight is 550 g/mol. The molecule has 3 aromatic rings. The fourth-order valence-corrected chi connectivity index (χ4v) is 5.90. The Balaban J connectivity index is 1.12. The molecule has 2 aromatic heterocycles. The molecule has 3 aliphatic heterocycles. The third kappa shape index (κ3) is 4.64. The molecule has 2 saturated heterocycles. The summed E-state index contributed by atoms with van der Waals surface area (Å²) in [6.07, 6.45) is 3.23. The van der Waals surface area contributed by atoms with E-state index in [1.807, 2.05) is 18.4 Å². The van der Waals surface area contributed by atoms with Crippen LogP contribution in [0.25, 0.3) is 11.2 Å². The number of hydrogen-bond donors (Lipinski definition) is 1. The second-order valence-electron chi connectivity index (χ2n) is 11.3. The summed E-state index contributed by atoms with van der Waals surface area (Å²) in [7, 11) is 0. The lowest BCUT2D eigenvalue weighted by atomic mass is 10.1. The maximum atomic E-state index is 12.7. The van der Waals surface area contributed by atoms with Gasteiger partial charge in [-0.25, -0.2) is 15.0 Å². The molecule has 2 N–H and O–H groups in total. The molecule has 0 radical (unpaired) electrons. The Labute approximate surface area is 232 Å². The molecule has 3 aliphatic rings. The molecule has 2 fully saturated rings. The number of nitrogens with zero attached hydrogens (tertiary/aromatic N) is 6. The number of ether oxygens (including phenoxy) is 3. The minimum Gasteiger partial charge on any atom is -0.382 e. The lowest BCUT2D eigenvalue weighted by Crippen LogP contribution is -2.43. The number of amides is 2. The molecular formula is C28H35N7O5. The largest absolute Gasteiger partial charge is 0.382 e. The van der Waals surface area contributed by atoms with Gasteiger partial charge < -0.3 is 19.9 Å². The molecule has 12 nitrogen and oxygen atoms in total. The van der Waals surface area contributed by atoms with Crippen LogP contribution in [0.3, 0.4) is 0 Å². The summed E-state index contributed by atoms with van der Waals surface area (Å²) in [5, 5.41) is 0. The number of anilines is 1. The number of carbonyl (C=O) groups excluding carboxylic acids is 2. The zero-order valence-corrected chi connectivity index (χ0v) is 23.2. The van der Waals surface area contributed by atoms with Gasteiger partial charge in [0.15, 0.2) is 23.5 Å². The van der Waals surface area contributed by atoms with Gasteiger partial charge in [-0.1, -0.05) is 12.1 Å². The number of hydrogen-bond acceptors (Lipinski definition) is 10. The molecule has 1 aromatic carbocycles. The van der Waals surface area contributed by atoms with Crippen LogP contribution in [0.1, 0.15) is 67.5 Å². The average Bonchev–Trinajstić information content (AvgIpc) is 3.63. The molecule has 0 aliphatic carbocycles. The van der Waals surface area contributed by atoms with E-state index in [2.05, 4.69) is 33.7 Å². The van der Waals surface area contributed by atoms with Crippen LogP contribution in [-0.4, -0.2) is 90.9 Å². The first-order valence-electron chi connectivity index (χ1n) is 13.8. The second kappa shape index (κ2) is 10.2. The third-order valence-corrected chi connectivity index (χ3v) is 7.89. The zero-order valence-electron chi connectivity index (χ0n) is 23.2. The number of benzene rings is 1. The van der Waals surface area contributed by atoms with Gasteiger partial charge >= 0.3 is 0 Å². The van der Waals surface area contributed by atoms with Crippen LogP contribution < -0.4 is 5.73 Å². The molecule has 12 heteroatoms. The Morgan fingerprint density at radius 2 is 1.73 bits per heavy atom. The summed E-state index contributed by atoms with van der Waals surface area (Å²) in [5.74, 6) is -0.865. The number of fused-ring (bicyclic) bond motifs is 3. The highest BCUT2D eigenvalue weighted by molar-refractivity contribution is 6.21. The molecule has 2 amide bonds. The first-order chi connectivity index (χ1) is 19.1. The van der Waals surface area contributed by atoms with Gasteiger partial charge in [-0.15, -0.1) is 0 Å². The van der Waals surface area contributed by atoms with Crippen molar-refractivity contribution in [1.29, 1.82) is 0 Å². The van der Waals surface area contributed by atoms with Gasteiger partial charge in [-0.2, -0.15) is 0 Å². The lowest BCUT2D eigenvalue weighted by molar-refractivity contribution is -0.198. The minimum atomic E-state index is -0.755. The zero-order chi connectivity index (χ0) is 28.2. The van der Waals surface area contributed by atoms with Crippen molar-refractivity contribution in [2.45, 2.75) is 76.9 Å². The first-order valence-corrected chi connectivity index (χ1v) is 13.8. The predicted octanol–water partition coefficient (Wildman–Crippen LogP) is 2.61. The predicted molar refractivity (Wildman–Crippen MR) is 145 cm³/mol. The summed E-state index contributed by atoms with van der Waals surface area (Å²) in [5.41, 5.74) is 8.08. The van der Waals surface area contributed by atoms with Gasteiger partial charge in [0.25, 0.3) is 11.8 Å². The number of aromatic nitrogens is 4. The Bertz CT molecular complexity index is 1400. The molecule has 0 spiro atoms. The van der Waals surface area contributed by atoms with E-state index in [1.165, 1.54) is 11.2 Å². The smallest absolute Gasteiger partial charge is 0.261 e. The molecule has 6 rings (SSSR count). The van der Waals surface area contributed by atoms with E-state index < -0.39 is 12.0 Å². The van der Waals surface area contributed by atoms with E-state index >= 15 is 0 Å². The van der Waals surface area contributed by atoms with E-state index in [4.69, 9.17) is 19.9 Å². The van der Waals surface area contributed by atoms with Gasteiger partial charge in [0.1, 0.15) is 30.2 Å². The Kier molecular flexibility index (Phi) is 6.81. The number of nitrogen functional groups attached to an aromatic ring is 1. The van der Waals surface area contributed by atoms with Crippen molar-refractivity contribution in [1.82, 2.24) is 29.3 Å². The van der Waals surface area contributed by atoms with Crippen molar-refractivity contribution in [2.24, 2.45) is 0 Å². The maximum absolute atomic E-state index is 12.7. The van der Waals surface area contributed by atoms with Crippen molar-refractivity contribution in [2.75, 3.05) is 25.4 Å². The summed E-state index contributed by atoms with van der Waals surface area (Å²) < 4.78 is 21.1. The Morgan fingerprint density at radius 3 is 2.42 bits per heavy atom. The van der Waals surface area contributed by atoms with Crippen LogP contribution in [0.15, 0.2) is 36.9 Å². The molecule has 0 saturated carbocycles. The summed E-state index contributed by atoms with van der Waals surface area (Å²) >= 11 is 0. The normalized spacial score (nSPS) is 25.5. The van der Waals surface area contributed by atoms with E-state index in [-0.39, 0.29) is 36.2 Å². The fourth-order valence-electron chi connectivity index (χ4n) is 5.90. The van der Waals surface area contributed by atoms with Gasteiger partial charge in [0, 0.05) is 19.1 Å². The van der Waals surface area contributed by atoms with E-state index in [0.29, 0.717) is 47.6 Å². The lowest BCUT2D eigenvalue weighted by Gasteiger charge is -2.31. The maximum Gasteiger partial charge on any atom is 0.261 e. The number of unbranched alkanes of at least 4 members (excludes halogenated alkanes) is 1. The summed E-state index contributed by atoms with van der Waals surface area (Å²) in [6.45, 7) is 9.92. The van der Waals surface area contributed by atoms with E-state index in [9.17, 15) is 9.59 Å². The van der Waals surface area contributed by atoms with Crippen molar-refractivity contribution < 1.29 is 23.8 Å². The third-order valence-electron chi connectivity index (χ3n) is 7.89. The van der Waals surface area contributed by atoms with Crippen molar-refractivity contribution in [3.8, 4) is 0 Å². The highest BCUT2D eigenvalue weighted by Gasteiger charge is 2.56. The van der Waals surface area contributed by atoms with Crippen LogP contribution in [0.2, 0.25) is 0 Å². The standard InChI is InChI=1S/C28H35N7O5/c1-16(2)33(11-7-8-12-34-25(36)17-9-5-6-10-18(17)26(34)37)13-19-21-22(40-28(3,4)39-21)27(38-19)35-15-32-20-23(29)30-14-31-24(20)35/h5-6,9-10,14-16,19,21-22,27H,7-8,11-13H2,1-4H3,(H2,29,30,31)/t19-,21-,22-,27-/m1/s1. The minimum absolute atomic E-state index is 0.210.